The van der Waals surface area contributed by atoms with Crippen molar-refractivity contribution in [1.29, 1.82) is 0 Å². The van der Waals surface area contributed by atoms with Crippen molar-refractivity contribution >= 4 is 5.69 Å². The first-order valence-corrected chi connectivity index (χ1v) is 7.44. The largest absolute Gasteiger partial charge is 0.384 e. The maximum Gasteiger partial charge on any atom is 0.123 e. The summed E-state index contributed by atoms with van der Waals surface area (Å²) in [5.41, 5.74) is 1.52. The van der Waals surface area contributed by atoms with Gasteiger partial charge in [-0.25, -0.2) is 4.39 Å². The molecule has 0 radical (unpaired) electrons. The van der Waals surface area contributed by atoms with E-state index in [0.717, 1.165) is 38.3 Å². The zero-order valence-electron chi connectivity index (χ0n) is 12.1. The molecule has 1 aliphatic carbocycles. The van der Waals surface area contributed by atoms with Crippen LogP contribution in [0.1, 0.15) is 19.3 Å². The minimum Gasteiger partial charge on any atom is -0.384 e. The van der Waals surface area contributed by atoms with E-state index in [4.69, 9.17) is 4.74 Å². The molecule has 1 heterocycles. The summed E-state index contributed by atoms with van der Waals surface area (Å²) in [5.74, 6) is -0.169. The Labute approximate surface area is 120 Å². The SMILES string of the molecule is COCC1(CNC2CCN(c3ccc(F)cc3)C2)CC1. The molecule has 1 N–H and O–H groups in total. The molecule has 2 aliphatic rings. The number of nitrogens with one attached hydrogen (secondary N) is 1. The highest BCUT2D eigenvalue weighted by atomic mass is 19.1. The fourth-order valence-corrected chi connectivity index (χ4v) is 3.03. The topological polar surface area (TPSA) is 24.5 Å². The van der Waals surface area contributed by atoms with Gasteiger partial charge in [-0.05, 0) is 43.5 Å². The number of hydrogen-bond acceptors (Lipinski definition) is 3. The molecule has 2 fully saturated rings. The van der Waals surface area contributed by atoms with Crippen LogP contribution < -0.4 is 10.2 Å². The standard InChI is InChI=1S/C16H23FN2O/c1-20-12-16(7-8-16)11-18-14-6-9-19(10-14)15-4-2-13(17)3-5-15/h2-5,14,18H,6-12H2,1H3. The number of halogens is 1. The highest BCUT2D eigenvalue weighted by molar-refractivity contribution is 5.47. The van der Waals surface area contributed by atoms with E-state index in [0.29, 0.717) is 11.5 Å². The quantitative estimate of drug-likeness (QED) is 0.865. The zero-order chi connectivity index (χ0) is 14.0. The number of methoxy groups -OCH3 is 1. The van der Waals surface area contributed by atoms with E-state index in [9.17, 15) is 4.39 Å². The molecule has 1 aromatic carbocycles. The fourth-order valence-electron chi connectivity index (χ4n) is 3.03. The van der Waals surface area contributed by atoms with Crippen molar-refractivity contribution in [3.8, 4) is 0 Å². The van der Waals surface area contributed by atoms with E-state index >= 15 is 0 Å². The van der Waals surface area contributed by atoms with Crippen LogP contribution in [0.3, 0.4) is 0 Å². The predicted molar refractivity (Wildman–Crippen MR) is 78.6 cm³/mol. The van der Waals surface area contributed by atoms with Crippen molar-refractivity contribution in [2.24, 2.45) is 5.41 Å². The molecule has 1 saturated carbocycles. The predicted octanol–water partition coefficient (Wildman–Crippen LogP) is 2.42. The fraction of sp³-hybridized carbons (Fsp3) is 0.625. The van der Waals surface area contributed by atoms with Crippen molar-refractivity contribution < 1.29 is 9.13 Å². The van der Waals surface area contributed by atoms with Gasteiger partial charge in [0.25, 0.3) is 0 Å². The van der Waals surface area contributed by atoms with Gasteiger partial charge in [0.05, 0.1) is 6.61 Å². The van der Waals surface area contributed by atoms with Gasteiger partial charge in [0, 0.05) is 43.9 Å². The lowest BCUT2D eigenvalue weighted by Gasteiger charge is -2.21. The molecule has 1 aromatic rings. The third-order valence-electron chi connectivity index (χ3n) is 4.55. The van der Waals surface area contributed by atoms with Crippen molar-refractivity contribution in [1.82, 2.24) is 5.32 Å². The van der Waals surface area contributed by atoms with Crippen LogP contribution in [0.5, 0.6) is 0 Å². The zero-order valence-corrected chi connectivity index (χ0v) is 12.1. The molecule has 3 rings (SSSR count). The average molecular weight is 278 g/mol. The first-order chi connectivity index (χ1) is 9.71. The summed E-state index contributed by atoms with van der Waals surface area (Å²) in [6, 6.07) is 7.34. The molecule has 1 atom stereocenters. The molecule has 0 aromatic heterocycles. The van der Waals surface area contributed by atoms with Gasteiger partial charge in [0.15, 0.2) is 0 Å². The molecule has 1 saturated heterocycles. The summed E-state index contributed by atoms with van der Waals surface area (Å²) in [6.07, 6.45) is 3.71. The van der Waals surface area contributed by atoms with Gasteiger partial charge in [-0.15, -0.1) is 0 Å². The molecule has 1 aliphatic heterocycles. The first-order valence-electron chi connectivity index (χ1n) is 7.44. The summed E-state index contributed by atoms with van der Waals surface area (Å²) in [5, 5.41) is 3.68. The Hall–Kier alpha value is -1.13. The van der Waals surface area contributed by atoms with Crippen molar-refractivity contribution in [3.63, 3.8) is 0 Å². The minimum absolute atomic E-state index is 0.169. The highest BCUT2D eigenvalue weighted by Crippen LogP contribution is 2.45. The van der Waals surface area contributed by atoms with Crippen molar-refractivity contribution in [2.45, 2.75) is 25.3 Å². The van der Waals surface area contributed by atoms with Gasteiger partial charge >= 0.3 is 0 Å². The van der Waals surface area contributed by atoms with E-state index in [2.05, 4.69) is 10.2 Å². The minimum atomic E-state index is -0.169. The summed E-state index contributed by atoms with van der Waals surface area (Å²) in [4.78, 5) is 2.33. The van der Waals surface area contributed by atoms with Gasteiger partial charge in [-0.3, -0.25) is 0 Å². The Bertz CT molecular complexity index is 444. The summed E-state index contributed by atoms with van der Waals surface area (Å²) in [7, 11) is 1.78. The van der Waals surface area contributed by atoms with E-state index in [-0.39, 0.29) is 5.82 Å². The van der Waals surface area contributed by atoms with Crippen molar-refractivity contribution in [2.75, 3.05) is 38.3 Å². The normalized spacial score (nSPS) is 24.1. The van der Waals surface area contributed by atoms with E-state index in [1.165, 1.54) is 25.0 Å². The molecule has 0 spiro atoms. The Kier molecular flexibility index (Phi) is 3.94. The second-order valence-corrected chi connectivity index (χ2v) is 6.22. The van der Waals surface area contributed by atoms with E-state index < -0.39 is 0 Å². The number of anilines is 1. The van der Waals surface area contributed by atoms with Crippen LogP contribution in [0.15, 0.2) is 24.3 Å². The lowest BCUT2D eigenvalue weighted by atomic mass is 10.1. The first kappa shape index (κ1) is 13.8. The van der Waals surface area contributed by atoms with Crippen LogP contribution in [0.25, 0.3) is 0 Å². The summed E-state index contributed by atoms with van der Waals surface area (Å²) in [6.45, 7) is 3.98. The van der Waals surface area contributed by atoms with Gasteiger partial charge in [-0.2, -0.15) is 0 Å². The number of ether oxygens (including phenoxy) is 1. The Balaban J connectivity index is 1.48. The molecule has 4 heteroatoms. The maximum absolute atomic E-state index is 12.9. The van der Waals surface area contributed by atoms with Crippen LogP contribution in [0.4, 0.5) is 10.1 Å². The third-order valence-corrected chi connectivity index (χ3v) is 4.55. The van der Waals surface area contributed by atoms with E-state index in [1.54, 1.807) is 7.11 Å². The van der Waals surface area contributed by atoms with Crippen molar-refractivity contribution in [3.05, 3.63) is 30.1 Å². The summed E-state index contributed by atoms with van der Waals surface area (Å²) < 4.78 is 18.2. The second kappa shape index (κ2) is 5.70. The molecule has 1 unspecified atom stereocenters. The van der Waals surface area contributed by atoms with Crippen LogP contribution in [0, 0.1) is 11.2 Å². The van der Waals surface area contributed by atoms with Gasteiger partial charge in [0.2, 0.25) is 0 Å². The highest BCUT2D eigenvalue weighted by Gasteiger charge is 2.42. The van der Waals surface area contributed by atoms with Crippen LogP contribution >= 0.6 is 0 Å². The number of hydrogen-bond donors (Lipinski definition) is 1. The lowest BCUT2D eigenvalue weighted by Crippen LogP contribution is -2.37. The van der Waals surface area contributed by atoms with Gasteiger partial charge in [-0.1, -0.05) is 0 Å². The average Bonchev–Trinajstić information content (AvgIpc) is 3.05. The monoisotopic (exact) mass is 278 g/mol. The molecule has 0 amide bonds. The summed E-state index contributed by atoms with van der Waals surface area (Å²) >= 11 is 0. The Morgan fingerprint density at radius 2 is 2.10 bits per heavy atom. The van der Waals surface area contributed by atoms with Gasteiger partial charge < -0.3 is 15.0 Å². The molecule has 0 bridgehead atoms. The second-order valence-electron chi connectivity index (χ2n) is 6.22. The third kappa shape index (κ3) is 3.13. The Morgan fingerprint density at radius 3 is 2.75 bits per heavy atom. The molecule has 3 nitrogen and oxygen atoms in total. The molecule has 20 heavy (non-hydrogen) atoms. The Morgan fingerprint density at radius 1 is 1.35 bits per heavy atom. The van der Waals surface area contributed by atoms with Crippen LogP contribution in [-0.4, -0.2) is 39.4 Å². The van der Waals surface area contributed by atoms with E-state index in [1.807, 2.05) is 12.1 Å². The number of rotatable bonds is 6. The number of nitrogens with zero attached hydrogens (tertiary/aromatic N) is 1. The molecular weight excluding hydrogens is 255 g/mol. The maximum atomic E-state index is 12.9. The number of benzene rings is 1. The molecule has 110 valence electrons. The van der Waals surface area contributed by atoms with Crippen LogP contribution in [0.2, 0.25) is 0 Å². The van der Waals surface area contributed by atoms with Gasteiger partial charge in [0.1, 0.15) is 5.82 Å². The molecular formula is C16H23FN2O. The smallest absolute Gasteiger partial charge is 0.123 e. The lowest BCUT2D eigenvalue weighted by molar-refractivity contribution is 0.138. The van der Waals surface area contributed by atoms with Crippen LogP contribution in [-0.2, 0) is 4.74 Å².